The first kappa shape index (κ1) is 29.6. The highest BCUT2D eigenvalue weighted by Crippen LogP contribution is 2.47. The maximum absolute atomic E-state index is 6.44. The molecule has 3 nitrogen and oxygen atoms in total. The Morgan fingerprint density at radius 1 is 0.340 bits per heavy atom. The van der Waals surface area contributed by atoms with Crippen LogP contribution < -0.4 is 0 Å². The van der Waals surface area contributed by atoms with Gasteiger partial charge in [0.1, 0.15) is 11.2 Å². The average Bonchev–Trinajstić information content (AvgIpc) is 3.90. The van der Waals surface area contributed by atoms with E-state index in [-0.39, 0.29) is 0 Å². The molecular weight excluding hydrogens is 645 g/mol. The number of hydrogen-bond acceptors (Lipinski definition) is 1. The zero-order valence-corrected chi connectivity index (χ0v) is 28.8. The Bertz CT molecular complexity index is 3130. The topological polar surface area (TPSA) is 23.0 Å². The van der Waals surface area contributed by atoms with Crippen LogP contribution in [0.1, 0.15) is 0 Å². The van der Waals surface area contributed by atoms with E-state index in [0.29, 0.717) is 0 Å². The standard InChI is InChI=1S/C50H32N2O/c1-4-15-34(16-5-1)46-43-32-31-41-39-21-10-12-25-44(39)51(48(41)49(43)52(36-19-8-3-9-20-36)47(46)35-17-6-2-7-18-35)37-29-27-33(28-30-37)38-23-14-24-42-40-22-11-13-26-45(40)53-50(38)42/h1-32H. The molecule has 0 spiro atoms. The van der Waals surface area contributed by atoms with Crippen molar-refractivity contribution in [3.05, 3.63) is 194 Å². The monoisotopic (exact) mass is 676 g/mol. The summed E-state index contributed by atoms with van der Waals surface area (Å²) in [6, 6.07) is 69.6. The number of furan rings is 1. The highest BCUT2D eigenvalue weighted by molar-refractivity contribution is 6.22. The Morgan fingerprint density at radius 2 is 0.925 bits per heavy atom. The van der Waals surface area contributed by atoms with E-state index < -0.39 is 0 Å². The van der Waals surface area contributed by atoms with Gasteiger partial charge in [-0.1, -0.05) is 158 Å². The van der Waals surface area contributed by atoms with Crippen LogP contribution in [0.2, 0.25) is 0 Å². The molecule has 0 fully saturated rings. The molecule has 8 aromatic carbocycles. The molecule has 0 aliphatic rings. The summed E-state index contributed by atoms with van der Waals surface area (Å²) in [6.07, 6.45) is 0. The molecule has 0 unspecified atom stereocenters. The summed E-state index contributed by atoms with van der Waals surface area (Å²) < 4.78 is 11.4. The smallest absolute Gasteiger partial charge is 0.143 e. The van der Waals surface area contributed by atoms with Crippen molar-refractivity contribution in [1.82, 2.24) is 9.13 Å². The van der Waals surface area contributed by atoms with Gasteiger partial charge in [0.05, 0.1) is 22.2 Å². The molecule has 3 aromatic heterocycles. The Hall–Kier alpha value is -7.10. The largest absolute Gasteiger partial charge is 0.455 e. The fourth-order valence-corrected chi connectivity index (χ4v) is 8.45. The molecule has 53 heavy (non-hydrogen) atoms. The van der Waals surface area contributed by atoms with Gasteiger partial charge in [-0.3, -0.25) is 0 Å². The molecule has 0 bridgehead atoms. The van der Waals surface area contributed by atoms with Gasteiger partial charge in [-0.25, -0.2) is 0 Å². The molecule has 0 amide bonds. The van der Waals surface area contributed by atoms with Crippen molar-refractivity contribution in [2.24, 2.45) is 0 Å². The number of aromatic nitrogens is 2. The van der Waals surface area contributed by atoms with Gasteiger partial charge in [-0.05, 0) is 53.1 Å². The predicted octanol–water partition coefficient (Wildman–Crippen LogP) is 13.6. The van der Waals surface area contributed by atoms with Crippen molar-refractivity contribution in [2.45, 2.75) is 0 Å². The molecule has 0 aliphatic heterocycles. The van der Waals surface area contributed by atoms with Crippen LogP contribution in [0.4, 0.5) is 0 Å². The minimum atomic E-state index is 0.909. The van der Waals surface area contributed by atoms with E-state index in [1.807, 2.05) is 12.1 Å². The van der Waals surface area contributed by atoms with Crippen LogP contribution in [0.5, 0.6) is 0 Å². The van der Waals surface area contributed by atoms with Gasteiger partial charge >= 0.3 is 0 Å². The molecule has 0 atom stereocenters. The summed E-state index contributed by atoms with van der Waals surface area (Å²) >= 11 is 0. The quantitative estimate of drug-likeness (QED) is 0.178. The zero-order valence-electron chi connectivity index (χ0n) is 28.8. The van der Waals surface area contributed by atoms with Crippen LogP contribution in [0.3, 0.4) is 0 Å². The molecule has 0 aliphatic carbocycles. The first-order valence-corrected chi connectivity index (χ1v) is 18.1. The van der Waals surface area contributed by atoms with Crippen molar-refractivity contribution in [2.75, 3.05) is 0 Å². The first-order chi connectivity index (χ1) is 26.3. The van der Waals surface area contributed by atoms with Crippen molar-refractivity contribution in [1.29, 1.82) is 0 Å². The van der Waals surface area contributed by atoms with E-state index >= 15 is 0 Å². The van der Waals surface area contributed by atoms with E-state index in [4.69, 9.17) is 4.42 Å². The van der Waals surface area contributed by atoms with Crippen LogP contribution >= 0.6 is 0 Å². The third-order valence-corrected chi connectivity index (χ3v) is 10.7. The maximum atomic E-state index is 6.44. The number of rotatable bonds is 5. The average molecular weight is 677 g/mol. The van der Waals surface area contributed by atoms with Crippen LogP contribution in [-0.4, -0.2) is 9.13 Å². The molecule has 248 valence electrons. The minimum absolute atomic E-state index is 0.909. The van der Waals surface area contributed by atoms with Crippen LogP contribution in [0.15, 0.2) is 199 Å². The summed E-state index contributed by atoms with van der Waals surface area (Å²) in [5.74, 6) is 0. The Kier molecular flexibility index (Phi) is 6.55. The second-order valence-electron chi connectivity index (χ2n) is 13.7. The predicted molar refractivity (Wildman–Crippen MR) is 221 cm³/mol. The minimum Gasteiger partial charge on any atom is -0.455 e. The lowest BCUT2D eigenvalue weighted by Gasteiger charge is -2.15. The number of nitrogens with zero attached hydrogens (tertiary/aromatic N) is 2. The third kappa shape index (κ3) is 4.47. The van der Waals surface area contributed by atoms with E-state index in [9.17, 15) is 0 Å². The Balaban J connectivity index is 1.24. The zero-order chi connectivity index (χ0) is 34.9. The highest BCUT2D eigenvalue weighted by Gasteiger charge is 2.26. The van der Waals surface area contributed by atoms with Gasteiger partial charge in [0.15, 0.2) is 0 Å². The highest BCUT2D eigenvalue weighted by atomic mass is 16.3. The van der Waals surface area contributed by atoms with Crippen LogP contribution in [0, 0.1) is 0 Å². The number of benzene rings is 8. The molecule has 0 saturated carbocycles. The molecule has 3 heterocycles. The molecule has 11 aromatic rings. The van der Waals surface area contributed by atoms with Gasteiger partial charge in [-0.2, -0.15) is 0 Å². The Morgan fingerprint density at radius 3 is 1.70 bits per heavy atom. The van der Waals surface area contributed by atoms with Crippen molar-refractivity contribution in [3.63, 3.8) is 0 Å². The summed E-state index contributed by atoms with van der Waals surface area (Å²) in [5.41, 5.74) is 14.6. The lowest BCUT2D eigenvalue weighted by atomic mass is 9.98. The van der Waals surface area contributed by atoms with E-state index in [1.54, 1.807) is 0 Å². The van der Waals surface area contributed by atoms with Gasteiger partial charge in [0.25, 0.3) is 0 Å². The van der Waals surface area contributed by atoms with Gasteiger partial charge in [0.2, 0.25) is 0 Å². The molecule has 0 radical (unpaired) electrons. The fraction of sp³-hybridized carbons (Fsp3) is 0. The van der Waals surface area contributed by atoms with Crippen LogP contribution in [0.25, 0.3) is 99.5 Å². The summed E-state index contributed by atoms with van der Waals surface area (Å²) in [5, 5.41) is 5.93. The van der Waals surface area contributed by atoms with E-state index in [1.165, 1.54) is 55.1 Å². The first-order valence-electron chi connectivity index (χ1n) is 18.1. The Labute approximate surface area is 306 Å². The van der Waals surface area contributed by atoms with Crippen molar-refractivity contribution < 1.29 is 4.42 Å². The molecule has 11 rings (SSSR count). The second-order valence-corrected chi connectivity index (χ2v) is 13.7. The van der Waals surface area contributed by atoms with Gasteiger partial charge < -0.3 is 13.6 Å². The van der Waals surface area contributed by atoms with Gasteiger partial charge in [0, 0.05) is 49.4 Å². The SMILES string of the molecule is c1ccc(-c2c(-c3ccccc3)n(-c3ccccc3)c3c2ccc2c4ccccc4n(-c4ccc(-c5cccc6c5oc5ccccc56)cc4)c23)cc1. The normalized spacial score (nSPS) is 11.8. The van der Waals surface area contributed by atoms with Crippen LogP contribution in [-0.2, 0) is 0 Å². The lowest BCUT2D eigenvalue weighted by Crippen LogP contribution is -2.00. The summed E-state index contributed by atoms with van der Waals surface area (Å²) in [4.78, 5) is 0. The molecule has 0 N–H and O–H groups in total. The third-order valence-electron chi connectivity index (χ3n) is 10.7. The fourth-order valence-electron chi connectivity index (χ4n) is 8.45. The number of para-hydroxylation sites is 4. The number of fused-ring (bicyclic) bond motifs is 8. The molecular formula is C50H32N2O. The molecule has 3 heteroatoms. The van der Waals surface area contributed by atoms with Crippen molar-refractivity contribution >= 4 is 54.6 Å². The summed E-state index contributed by atoms with van der Waals surface area (Å²) in [7, 11) is 0. The van der Waals surface area contributed by atoms with E-state index in [0.717, 1.165) is 44.4 Å². The van der Waals surface area contributed by atoms with Crippen molar-refractivity contribution in [3.8, 4) is 44.9 Å². The van der Waals surface area contributed by atoms with Gasteiger partial charge in [-0.15, -0.1) is 0 Å². The summed E-state index contributed by atoms with van der Waals surface area (Å²) in [6.45, 7) is 0. The maximum Gasteiger partial charge on any atom is 0.143 e. The lowest BCUT2D eigenvalue weighted by molar-refractivity contribution is 0.670. The van der Waals surface area contributed by atoms with E-state index in [2.05, 4.69) is 191 Å². The molecule has 0 saturated heterocycles. The second kappa shape index (κ2) is 11.7. The number of hydrogen-bond donors (Lipinski definition) is 0.